The molecule has 0 atom stereocenters. The number of methoxy groups -OCH3 is 1. The Labute approximate surface area is 190 Å². The molecule has 33 heavy (non-hydrogen) atoms. The van der Waals surface area contributed by atoms with Gasteiger partial charge in [-0.2, -0.15) is 4.98 Å². The van der Waals surface area contributed by atoms with Gasteiger partial charge in [0.15, 0.2) is 5.58 Å². The molecule has 2 N–H and O–H groups in total. The van der Waals surface area contributed by atoms with E-state index in [0.717, 1.165) is 5.56 Å². The number of rotatable bonds is 9. The summed E-state index contributed by atoms with van der Waals surface area (Å²) in [5, 5.41) is 5.73. The van der Waals surface area contributed by atoms with Gasteiger partial charge in [0.05, 0.1) is 13.4 Å². The van der Waals surface area contributed by atoms with E-state index in [0.29, 0.717) is 41.6 Å². The Morgan fingerprint density at radius 2 is 2.06 bits per heavy atom. The fraction of sp³-hybridized carbons (Fsp3) is 0.348. The number of nitrogens with one attached hydrogen (secondary N) is 2. The van der Waals surface area contributed by atoms with Crippen LogP contribution in [0.1, 0.15) is 26.3 Å². The maximum Gasteiger partial charge on any atom is 0.407 e. The van der Waals surface area contributed by atoms with Gasteiger partial charge in [0.1, 0.15) is 24.5 Å². The van der Waals surface area contributed by atoms with Gasteiger partial charge in [-0.25, -0.2) is 14.2 Å². The Bertz CT molecular complexity index is 1120. The molecule has 0 saturated heterocycles. The number of ether oxygens (including phenoxy) is 3. The van der Waals surface area contributed by atoms with Crippen molar-refractivity contribution in [3.05, 3.63) is 54.0 Å². The molecular weight excluding hydrogens is 431 g/mol. The number of oxazole rings is 1. The molecule has 1 amide bonds. The SMILES string of the molecule is COc1ncccc1CNc1nc2ccc(OC/C(=C/F)COC(=O)NC(C)(C)C)cc2o1. The first-order chi connectivity index (χ1) is 15.8. The predicted octanol–water partition coefficient (Wildman–Crippen LogP) is 4.60. The van der Waals surface area contributed by atoms with Crippen LogP contribution in [-0.4, -0.2) is 41.9 Å². The van der Waals surface area contributed by atoms with E-state index in [1.54, 1.807) is 31.5 Å². The first-order valence-electron chi connectivity index (χ1n) is 10.3. The van der Waals surface area contributed by atoms with E-state index in [9.17, 15) is 9.18 Å². The van der Waals surface area contributed by atoms with Crippen LogP contribution in [0.5, 0.6) is 11.6 Å². The zero-order valence-electron chi connectivity index (χ0n) is 19.0. The lowest BCUT2D eigenvalue weighted by Gasteiger charge is -2.20. The molecule has 2 aromatic heterocycles. The fourth-order valence-electron chi connectivity index (χ4n) is 2.76. The average Bonchev–Trinajstić information content (AvgIpc) is 3.19. The normalized spacial score (nSPS) is 11.8. The molecule has 1 aromatic carbocycles. The lowest BCUT2D eigenvalue weighted by molar-refractivity contribution is 0.143. The summed E-state index contributed by atoms with van der Waals surface area (Å²) in [5.41, 5.74) is 1.71. The highest BCUT2D eigenvalue weighted by molar-refractivity contribution is 5.76. The molecule has 9 nitrogen and oxygen atoms in total. The summed E-state index contributed by atoms with van der Waals surface area (Å²) in [6.07, 6.45) is 1.39. The summed E-state index contributed by atoms with van der Waals surface area (Å²) in [4.78, 5) is 20.3. The van der Waals surface area contributed by atoms with E-state index in [1.807, 2.05) is 32.9 Å². The quantitative estimate of drug-likeness (QED) is 0.479. The Kier molecular flexibility index (Phi) is 7.70. The van der Waals surface area contributed by atoms with Crippen molar-refractivity contribution in [1.29, 1.82) is 0 Å². The van der Waals surface area contributed by atoms with E-state index < -0.39 is 11.6 Å². The van der Waals surface area contributed by atoms with Crippen molar-refractivity contribution >= 4 is 23.2 Å². The summed E-state index contributed by atoms with van der Waals surface area (Å²) in [5.74, 6) is 0.978. The van der Waals surface area contributed by atoms with Gasteiger partial charge in [-0.3, -0.25) is 0 Å². The van der Waals surface area contributed by atoms with Crippen LogP contribution in [0.2, 0.25) is 0 Å². The number of nitrogens with zero attached hydrogens (tertiary/aromatic N) is 2. The standard InChI is InChI=1S/C23H27FN4O5/c1-23(2,3)28-22(29)32-14-15(11-24)13-31-17-7-8-18-19(10-17)33-21(27-18)26-12-16-6-5-9-25-20(16)30-4/h5-11H,12-14H2,1-4H3,(H,26,27)(H,28,29)/b15-11-. The predicted molar refractivity (Wildman–Crippen MR) is 121 cm³/mol. The van der Waals surface area contributed by atoms with E-state index in [2.05, 4.69) is 20.6 Å². The number of carbonyl (C=O) groups excluding carboxylic acids is 1. The number of carbonyl (C=O) groups is 1. The van der Waals surface area contributed by atoms with Crippen molar-refractivity contribution in [2.24, 2.45) is 0 Å². The van der Waals surface area contributed by atoms with E-state index in [1.165, 1.54) is 0 Å². The summed E-state index contributed by atoms with van der Waals surface area (Å²) in [6, 6.07) is 9.12. The van der Waals surface area contributed by atoms with Gasteiger partial charge < -0.3 is 29.3 Å². The number of benzene rings is 1. The van der Waals surface area contributed by atoms with Gasteiger partial charge >= 0.3 is 6.09 Å². The summed E-state index contributed by atoms with van der Waals surface area (Å²) < 4.78 is 34.8. The number of alkyl carbamates (subject to hydrolysis) is 1. The second kappa shape index (κ2) is 10.7. The average molecular weight is 458 g/mol. The van der Waals surface area contributed by atoms with Gasteiger partial charge in [0.2, 0.25) is 5.88 Å². The van der Waals surface area contributed by atoms with Crippen molar-refractivity contribution in [2.45, 2.75) is 32.9 Å². The highest BCUT2D eigenvalue weighted by Gasteiger charge is 2.15. The number of amides is 1. The Hall–Kier alpha value is -3.82. The third kappa shape index (κ3) is 7.09. The van der Waals surface area contributed by atoms with Crippen LogP contribution in [0.15, 0.2) is 52.8 Å². The van der Waals surface area contributed by atoms with Crippen LogP contribution in [-0.2, 0) is 11.3 Å². The number of pyridine rings is 1. The molecule has 3 rings (SSSR count). The Morgan fingerprint density at radius 3 is 2.79 bits per heavy atom. The van der Waals surface area contributed by atoms with Crippen molar-refractivity contribution in [2.75, 3.05) is 25.6 Å². The number of aromatic nitrogens is 2. The summed E-state index contributed by atoms with van der Waals surface area (Å²) in [6.45, 7) is 5.55. The van der Waals surface area contributed by atoms with E-state index in [4.69, 9.17) is 18.6 Å². The minimum absolute atomic E-state index is 0.0924. The molecule has 0 aliphatic heterocycles. The van der Waals surface area contributed by atoms with Crippen molar-refractivity contribution in [3.63, 3.8) is 0 Å². The molecule has 0 aliphatic rings. The largest absolute Gasteiger partial charge is 0.489 e. The highest BCUT2D eigenvalue weighted by atomic mass is 19.1. The minimum Gasteiger partial charge on any atom is -0.489 e. The van der Waals surface area contributed by atoms with Crippen LogP contribution in [0.25, 0.3) is 11.1 Å². The molecule has 0 aliphatic carbocycles. The number of anilines is 1. The van der Waals surface area contributed by atoms with Gasteiger partial charge in [0.25, 0.3) is 6.01 Å². The van der Waals surface area contributed by atoms with Crippen molar-refractivity contribution in [3.8, 4) is 11.6 Å². The zero-order valence-corrected chi connectivity index (χ0v) is 19.0. The van der Waals surface area contributed by atoms with Gasteiger partial charge in [-0.1, -0.05) is 6.07 Å². The van der Waals surface area contributed by atoms with Gasteiger partial charge in [-0.15, -0.1) is 0 Å². The Morgan fingerprint density at radius 1 is 1.24 bits per heavy atom. The maximum atomic E-state index is 13.2. The molecule has 10 heteroatoms. The molecule has 0 radical (unpaired) electrons. The number of halogens is 1. The molecule has 0 saturated carbocycles. The minimum atomic E-state index is -0.631. The first kappa shape index (κ1) is 23.8. The number of hydrogen-bond donors (Lipinski definition) is 2. The van der Waals surface area contributed by atoms with Crippen LogP contribution >= 0.6 is 0 Å². The smallest absolute Gasteiger partial charge is 0.407 e. The Balaban J connectivity index is 1.55. The second-order valence-electron chi connectivity index (χ2n) is 8.18. The molecule has 176 valence electrons. The monoisotopic (exact) mass is 458 g/mol. The molecular formula is C23H27FN4O5. The molecule has 3 aromatic rings. The third-order valence-electron chi connectivity index (χ3n) is 4.28. The van der Waals surface area contributed by atoms with Crippen LogP contribution in [0, 0.1) is 0 Å². The van der Waals surface area contributed by atoms with E-state index >= 15 is 0 Å². The van der Waals surface area contributed by atoms with Crippen LogP contribution in [0.4, 0.5) is 15.2 Å². The van der Waals surface area contributed by atoms with Gasteiger partial charge in [-0.05, 0) is 39.0 Å². The zero-order chi connectivity index (χ0) is 23.8. The second-order valence-corrected chi connectivity index (χ2v) is 8.18. The summed E-state index contributed by atoms with van der Waals surface area (Å²) >= 11 is 0. The summed E-state index contributed by atoms with van der Waals surface area (Å²) in [7, 11) is 1.56. The lowest BCUT2D eigenvalue weighted by atomic mass is 10.1. The molecule has 0 bridgehead atoms. The molecule has 2 heterocycles. The molecule has 0 unspecified atom stereocenters. The maximum absolute atomic E-state index is 13.2. The molecule has 0 spiro atoms. The fourth-order valence-corrected chi connectivity index (χ4v) is 2.76. The van der Waals surface area contributed by atoms with Crippen molar-refractivity contribution in [1.82, 2.24) is 15.3 Å². The van der Waals surface area contributed by atoms with Crippen molar-refractivity contribution < 1.29 is 27.8 Å². The topological polar surface area (TPSA) is 108 Å². The van der Waals surface area contributed by atoms with Gasteiger partial charge in [0, 0.05) is 35.5 Å². The number of fused-ring (bicyclic) bond motifs is 1. The third-order valence-corrected chi connectivity index (χ3v) is 4.28. The number of hydrogen-bond acceptors (Lipinski definition) is 8. The van der Waals surface area contributed by atoms with Crippen LogP contribution < -0.4 is 20.1 Å². The first-order valence-corrected chi connectivity index (χ1v) is 10.3. The van der Waals surface area contributed by atoms with E-state index in [-0.39, 0.29) is 18.8 Å². The molecule has 0 fully saturated rings. The van der Waals surface area contributed by atoms with Crippen LogP contribution in [0.3, 0.4) is 0 Å². The highest BCUT2D eigenvalue weighted by Crippen LogP contribution is 2.25. The lowest BCUT2D eigenvalue weighted by Crippen LogP contribution is -2.41.